The summed E-state index contributed by atoms with van der Waals surface area (Å²) < 4.78 is 127. The number of sulfonamides is 2. The fourth-order valence-electron chi connectivity index (χ4n) is 4.02. The molecule has 14 heteroatoms. The largest absolute Gasteiger partial charge is 0.511 e. The van der Waals surface area contributed by atoms with Gasteiger partial charge in [0.1, 0.15) is 0 Å². The molecule has 0 amide bonds. The SMILES string of the molecule is CC(C)=C1C=C(c2ccc(C3=CC(=C(C)C)C(NS(=O)(=O)C(F)(F)F)C=C3)cc2)C=CC1NS(=O)(=O)C(F)(F)F. The molecule has 3 rings (SSSR count). The number of rotatable bonds is 6. The van der Waals surface area contributed by atoms with E-state index in [1.165, 1.54) is 24.3 Å². The number of benzene rings is 1. The quantitative estimate of drug-likeness (QED) is 0.395. The van der Waals surface area contributed by atoms with Crippen LogP contribution in [0.5, 0.6) is 0 Å². The Bertz CT molecular complexity index is 1450. The zero-order valence-electron chi connectivity index (χ0n) is 21.6. The molecule has 40 heavy (non-hydrogen) atoms. The normalized spacial score (nSPS) is 20.4. The maximum atomic E-state index is 12.9. The Balaban J connectivity index is 1.86. The van der Waals surface area contributed by atoms with E-state index < -0.39 is 43.1 Å². The van der Waals surface area contributed by atoms with Gasteiger partial charge < -0.3 is 0 Å². The lowest BCUT2D eigenvalue weighted by Gasteiger charge is -2.24. The zero-order valence-corrected chi connectivity index (χ0v) is 23.3. The van der Waals surface area contributed by atoms with Crippen molar-refractivity contribution < 1.29 is 43.2 Å². The third-order valence-corrected chi connectivity index (χ3v) is 8.46. The van der Waals surface area contributed by atoms with Gasteiger partial charge in [-0.3, -0.25) is 0 Å². The molecule has 2 N–H and O–H groups in total. The molecule has 2 aliphatic carbocycles. The number of allylic oxidation sites excluding steroid dienone is 6. The van der Waals surface area contributed by atoms with Gasteiger partial charge in [0, 0.05) is 0 Å². The summed E-state index contributed by atoms with van der Waals surface area (Å²) in [7, 11) is -11.1. The zero-order chi connectivity index (χ0) is 30.3. The van der Waals surface area contributed by atoms with Crippen molar-refractivity contribution in [1.82, 2.24) is 9.44 Å². The topological polar surface area (TPSA) is 92.3 Å². The molecule has 0 spiro atoms. The summed E-state index contributed by atoms with van der Waals surface area (Å²) in [6.45, 7) is 6.58. The van der Waals surface area contributed by atoms with Gasteiger partial charge in [0.05, 0.1) is 12.1 Å². The highest BCUT2D eigenvalue weighted by Crippen LogP contribution is 2.32. The van der Waals surface area contributed by atoms with E-state index in [9.17, 15) is 43.2 Å². The van der Waals surface area contributed by atoms with Crippen LogP contribution in [0.2, 0.25) is 0 Å². The van der Waals surface area contributed by atoms with Gasteiger partial charge in [-0.2, -0.15) is 35.8 Å². The van der Waals surface area contributed by atoms with Crippen LogP contribution in [0.15, 0.2) is 83.0 Å². The average molecular weight is 609 g/mol. The molecule has 2 aliphatic rings. The van der Waals surface area contributed by atoms with Crippen LogP contribution in [0, 0.1) is 0 Å². The molecule has 6 nitrogen and oxygen atoms in total. The van der Waals surface area contributed by atoms with Crippen molar-refractivity contribution in [3.8, 4) is 0 Å². The summed E-state index contributed by atoms with van der Waals surface area (Å²) in [4.78, 5) is 0. The minimum Gasteiger partial charge on any atom is -0.203 e. The molecular formula is C26H26F6N2O4S2. The highest BCUT2D eigenvalue weighted by atomic mass is 32.2. The third-order valence-electron chi connectivity index (χ3n) is 6.11. The fraction of sp³-hybridized carbons (Fsp3) is 0.308. The third kappa shape index (κ3) is 6.85. The van der Waals surface area contributed by atoms with Gasteiger partial charge >= 0.3 is 31.1 Å². The van der Waals surface area contributed by atoms with E-state index in [1.54, 1.807) is 73.6 Å². The van der Waals surface area contributed by atoms with E-state index in [2.05, 4.69) is 0 Å². The van der Waals surface area contributed by atoms with Crippen LogP contribution >= 0.6 is 0 Å². The van der Waals surface area contributed by atoms with Gasteiger partial charge in [-0.05, 0) is 73.3 Å². The highest BCUT2D eigenvalue weighted by molar-refractivity contribution is 7.90. The summed E-state index contributed by atoms with van der Waals surface area (Å²) in [5.41, 5.74) is -6.40. The van der Waals surface area contributed by atoms with E-state index in [0.717, 1.165) is 0 Å². The second-order valence-electron chi connectivity index (χ2n) is 9.50. The standard InChI is InChI=1S/C26H26F6N2O4S2/c1-15(2)21-13-19(9-11-23(21)33-39(35,36)25(27,28)29)17-5-7-18(8-6-17)20-10-12-24(22(14-20)16(3)4)34-40(37,38)26(30,31)32/h5-14,23-24,33-34H,1-4H3. The van der Waals surface area contributed by atoms with E-state index in [-0.39, 0.29) is 0 Å². The van der Waals surface area contributed by atoms with Gasteiger partial charge in [0.25, 0.3) is 0 Å². The van der Waals surface area contributed by atoms with Crippen LogP contribution in [0.3, 0.4) is 0 Å². The summed E-state index contributed by atoms with van der Waals surface area (Å²) >= 11 is 0. The molecule has 0 saturated carbocycles. The Morgan fingerprint density at radius 1 is 0.625 bits per heavy atom. The van der Waals surface area contributed by atoms with Gasteiger partial charge in [-0.1, -0.05) is 59.7 Å². The monoisotopic (exact) mass is 608 g/mol. The van der Waals surface area contributed by atoms with Gasteiger partial charge in [0.2, 0.25) is 0 Å². The minimum atomic E-state index is -5.57. The maximum Gasteiger partial charge on any atom is 0.511 e. The lowest BCUT2D eigenvalue weighted by Crippen LogP contribution is -2.43. The van der Waals surface area contributed by atoms with E-state index in [0.29, 0.717) is 44.6 Å². The lowest BCUT2D eigenvalue weighted by molar-refractivity contribution is -0.0454. The summed E-state index contributed by atoms with van der Waals surface area (Å²) in [5, 5.41) is 0. The Hall–Kier alpha value is -2.94. The van der Waals surface area contributed by atoms with Crippen LogP contribution < -0.4 is 9.44 Å². The van der Waals surface area contributed by atoms with Crippen molar-refractivity contribution in [3.63, 3.8) is 0 Å². The molecule has 0 fully saturated rings. The molecule has 0 radical (unpaired) electrons. The molecule has 0 aliphatic heterocycles. The van der Waals surface area contributed by atoms with Crippen molar-refractivity contribution in [2.45, 2.75) is 50.8 Å². The number of hydrogen-bond donors (Lipinski definition) is 2. The molecule has 218 valence electrons. The van der Waals surface area contributed by atoms with Crippen LogP contribution in [0.25, 0.3) is 11.1 Å². The first-order valence-electron chi connectivity index (χ1n) is 11.7. The lowest BCUT2D eigenvalue weighted by atomic mass is 9.89. The first-order valence-corrected chi connectivity index (χ1v) is 14.6. The Labute approximate surface area is 228 Å². The molecule has 0 heterocycles. The average Bonchev–Trinajstić information content (AvgIpc) is 2.82. The molecular weight excluding hydrogens is 582 g/mol. The number of halogens is 6. The fourth-order valence-corrected chi connectivity index (χ4v) is 5.36. The van der Waals surface area contributed by atoms with Gasteiger partial charge in [-0.15, -0.1) is 0 Å². The smallest absolute Gasteiger partial charge is 0.203 e. The van der Waals surface area contributed by atoms with Gasteiger partial charge in [-0.25, -0.2) is 16.8 Å². The molecule has 2 atom stereocenters. The minimum absolute atomic E-state index is 0.355. The predicted octanol–water partition coefficient (Wildman–Crippen LogP) is 5.88. The highest BCUT2D eigenvalue weighted by Gasteiger charge is 2.48. The second-order valence-corrected chi connectivity index (χ2v) is 12.9. The van der Waals surface area contributed by atoms with E-state index >= 15 is 0 Å². The number of hydrogen-bond acceptors (Lipinski definition) is 4. The molecule has 1 aromatic rings. The maximum absolute atomic E-state index is 12.9. The molecule has 0 bridgehead atoms. The molecule has 0 aromatic heterocycles. The van der Waals surface area contributed by atoms with Crippen LogP contribution in [-0.4, -0.2) is 39.9 Å². The second kappa shape index (κ2) is 11.1. The number of nitrogens with one attached hydrogen (secondary N) is 2. The predicted molar refractivity (Wildman–Crippen MR) is 141 cm³/mol. The Morgan fingerprint density at radius 2 is 0.925 bits per heavy atom. The van der Waals surface area contributed by atoms with E-state index in [4.69, 9.17) is 0 Å². The van der Waals surface area contributed by atoms with E-state index in [1.807, 2.05) is 0 Å². The van der Waals surface area contributed by atoms with Crippen LogP contribution in [0.1, 0.15) is 38.8 Å². The summed E-state index contributed by atoms with van der Waals surface area (Å²) in [6, 6.07) is 4.49. The van der Waals surface area contributed by atoms with Crippen LogP contribution in [0.4, 0.5) is 26.3 Å². The first-order chi connectivity index (χ1) is 18.2. The Kier molecular flexibility index (Phi) is 8.80. The molecule has 2 unspecified atom stereocenters. The number of alkyl halides is 6. The first kappa shape index (κ1) is 31.6. The summed E-state index contributed by atoms with van der Waals surface area (Å²) in [5.74, 6) is 0. The van der Waals surface area contributed by atoms with Crippen molar-refractivity contribution in [3.05, 3.63) is 94.1 Å². The molecule has 1 aromatic carbocycles. The summed E-state index contributed by atoms with van der Waals surface area (Å²) in [6.07, 6.45) is 8.83. The van der Waals surface area contributed by atoms with Crippen molar-refractivity contribution in [2.24, 2.45) is 0 Å². The van der Waals surface area contributed by atoms with Crippen molar-refractivity contribution in [2.75, 3.05) is 0 Å². The van der Waals surface area contributed by atoms with Crippen LogP contribution in [-0.2, 0) is 20.0 Å². The van der Waals surface area contributed by atoms with Crippen molar-refractivity contribution >= 4 is 31.2 Å². The van der Waals surface area contributed by atoms with Gasteiger partial charge in [0.15, 0.2) is 0 Å². The van der Waals surface area contributed by atoms with Crippen molar-refractivity contribution in [1.29, 1.82) is 0 Å². The Morgan fingerprint density at radius 3 is 1.18 bits per heavy atom. The molecule has 0 saturated heterocycles.